The molecule has 30 heavy (non-hydrogen) atoms. The van der Waals surface area contributed by atoms with Crippen molar-refractivity contribution in [2.24, 2.45) is 16.6 Å². The number of ether oxygens (including phenoxy) is 1. The van der Waals surface area contributed by atoms with Gasteiger partial charge in [-0.2, -0.15) is 0 Å². The molecule has 0 spiro atoms. The van der Waals surface area contributed by atoms with Crippen LogP contribution in [0.3, 0.4) is 0 Å². The van der Waals surface area contributed by atoms with Crippen LogP contribution in [0.2, 0.25) is 0 Å². The zero-order chi connectivity index (χ0) is 21.9. The second-order valence-corrected chi connectivity index (χ2v) is 8.82. The van der Waals surface area contributed by atoms with Crippen LogP contribution in [0.4, 0.5) is 13.2 Å². The number of rotatable bonds is 6. The fourth-order valence-electron chi connectivity index (χ4n) is 3.86. The van der Waals surface area contributed by atoms with Crippen LogP contribution in [-0.4, -0.2) is 43.4 Å². The van der Waals surface area contributed by atoms with Gasteiger partial charge in [-0.25, -0.2) is 0 Å². The average Bonchev–Trinajstić information content (AvgIpc) is 2.66. The summed E-state index contributed by atoms with van der Waals surface area (Å²) in [5.74, 6) is 0.0637. The van der Waals surface area contributed by atoms with Gasteiger partial charge in [0, 0.05) is 48.9 Å². The van der Waals surface area contributed by atoms with E-state index in [-0.39, 0.29) is 17.7 Å². The number of halogens is 4. The van der Waals surface area contributed by atoms with Crippen molar-refractivity contribution < 1.29 is 17.9 Å². The van der Waals surface area contributed by atoms with Gasteiger partial charge in [-0.05, 0) is 43.9 Å². The van der Waals surface area contributed by atoms with E-state index in [4.69, 9.17) is 5.73 Å². The molecule has 0 amide bonds. The van der Waals surface area contributed by atoms with Crippen LogP contribution in [0.1, 0.15) is 31.2 Å². The highest BCUT2D eigenvalue weighted by Crippen LogP contribution is 2.34. The Kier molecular flexibility index (Phi) is 6.98. The lowest BCUT2D eigenvalue weighted by Gasteiger charge is -2.42. The molecule has 0 aromatic heterocycles. The van der Waals surface area contributed by atoms with E-state index in [1.807, 2.05) is 25.1 Å². The van der Waals surface area contributed by atoms with Crippen LogP contribution < -0.4 is 21.1 Å². The predicted molar refractivity (Wildman–Crippen MR) is 114 cm³/mol. The lowest BCUT2D eigenvalue weighted by Crippen LogP contribution is -2.60. The van der Waals surface area contributed by atoms with Crippen LogP contribution in [0.15, 0.2) is 39.6 Å². The summed E-state index contributed by atoms with van der Waals surface area (Å²) in [5, 5.41) is 6.69. The number of hydrogen-bond donors (Lipinski definition) is 3. The van der Waals surface area contributed by atoms with E-state index in [1.54, 1.807) is 18.3 Å². The third kappa shape index (κ3) is 5.89. The molecule has 1 unspecified atom stereocenters. The van der Waals surface area contributed by atoms with Gasteiger partial charge < -0.3 is 20.3 Å². The number of hydrogen-bond acceptors (Lipinski definition) is 6. The first kappa shape index (κ1) is 22.9. The normalized spacial score (nSPS) is 26.7. The van der Waals surface area contributed by atoms with Crippen LogP contribution in [0, 0.1) is 5.92 Å². The third-order valence-electron chi connectivity index (χ3n) is 5.52. The van der Waals surface area contributed by atoms with Gasteiger partial charge in [-0.1, -0.05) is 22.0 Å². The molecule has 1 heterocycles. The molecule has 1 saturated carbocycles. The summed E-state index contributed by atoms with van der Waals surface area (Å²) in [5.41, 5.74) is 7.01. The van der Waals surface area contributed by atoms with E-state index in [2.05, 4.69) is 36.3 Å². The smallest absolute Gasteiger partial charge is 0.405 e. The van der Waals surface area contributed by atoms with Crippen LogP contribution in [0.25, 0.3) is 0 Å². The van der Waals surface area contributed by atoms with Crippen molar-refractivity contribution in [1.82, 2.24) is 15.5 Å². The standard InChI is InChI=1S/C20H27BrF3N5O/c1-29(2)18-9-10-27-19(25,28-18)14-4-7-16(8-5-14)26-12-13-3-6-15(21)11-17(13)30-20(22,23)24/h3,6,9-11,14,16,26,28H,4-5,7-8,12,25H2,1-2H3. The maximum Gasteiger partial charge on any atom is 0.573 e. The Hall–Kier alpha value is -1.78. The molecular weight excluding hydrogens is 463 g/mol. The number of aliphatic imine (C=N–C) groups is 1. The summed E-state index contributed by atoms with van der Waals surface area (Å²) in [6.45, 7) is 0.297. The van der Waals surface area contributed by atoms with E-state index in [9.17, 15) is 13.2 Å². The molecule has 2 aliphatic rings. The van der Waals surface area contributed by atoms with Crippen molar-refractivity contribution >= 4 is 22.1 Å². The number of alkyl halides is 3. The first-order chi connectivity index (χ1) is 14.1. The van der Waals surface area contributed by atoms with Gasteiger partial charge in [0.2, 0.25) is 0 Å². The second-order valence-electron chi connectivity index (χ2n) is 7.90. The van der Waals surface area contributed by atoms with Crippen molar-refractivity contribution in [2.75, 3.05) is 14.1 Å². The van der Waals surface area contributed by atoms with Gasteiger partial charge in [0.05, 0.1) is 0 Å². The van der Waals surface area contributed by atoms with Crippen LogP contribution in [-0.2, 0) is 6.54 Å². The number of allylic oxidation sites excluding steroid dienone is 1. The zero-order valence-electron chi connectivity index (χ0n) is 17.0. The summed E-state index contributed by atoms with van der Waals surface area (Å²) >= 11 is 3.19. The minimum Gasteiger partial charge on any atom is -0.405 e. The summed E-state index contributed by atoms with van der Waals surface area (Å²) < 4.78 is 42.8. The Morgan fingerprint density at radius 1 is 1.30 bits per heavy atom. The summed E-state index contributed by atoms with van der Waals surface area (Å²) in [6, 6.07) is 4.87. The molecule has 4 N–H and O–H groups in total. The molecule has 0 radical (unpaired) electrons. The molecule has 3 rings (SSSR count). The summed E-state index contributed by atoms with van der Waals surface area (Å²) in [6.07, 6.45) is 2.37. The monoisotopic (exact) mass is 489 g/mol. The van der Waals surface area contributed by atoms with Gasteiger partial charge in [0.25, 0.3) is 0 Å². The maximum absolute atomic E-state index is 12.7. The molecule has 1 fully saturated rings. The van der Waals surface area contributed by atoms with Crippen LogP contribution in [0.5, 0.6) is 5.75 Å². The molecule has 1 aromatic rings. The van der Waals surface area contributed by atoms with Gasteiger partial charge in [0.1, 0.15) is 11.6 Å². The van der Waals surface area contributed by atoms with Gasteiger partial charge in [-0.15, -0.1) is 13.2 Å². The van der Waals surface area contributed by atoms with Gasteiger partial charge >= 0.3 is 6.36 Å². The molecule has 1 aliphatic heterocycles. The minimum atomic E-state index is -4.73. The van der Waals surface area contributed by atoms with E-state index < -0.39 is 12.1 Å². The molecule has 0 saturated heterocycles. The first-order valence-electron chi connectivity index (χ1n) is 9.83. The number of nitrogens with zero attached hydrogens (tertiary/aromatic N) is 2. The Balaban J connectivity index is 1.55. The van der Waals surface area contributed by atoms with E-state index in [1.165, 1.54) is 6.07 Å². The number of benzene rings is 1. The Morgan fingerprint density at radius 2 is 2.00 bits per heavy atom. The molecule has 0 bridgehead atoms. The lowest BCUT2D eigenvalue weighted by atomic mass is 9.81. The van der Waals surface area contributed by atoms with Crippen molar-refractivity contribution in [3.05, 3.63) is 40.1 Å². The quantitative estimate of drug-likeness (QED) is 0.568. The van der Waals surface area contributed by atoms with Crippen molar-refractivity contribution in [1.29, 1.82) is 0 Å². The average molecular weight is 490 g/mol. The van der Waals surface area contributed by atoms with Gasteiger partial charge in [-0.3, -0.25) is 10.7 Å². The molecule has 1 aromatic carbocycles. The Bertz CT molecular complexity index is 806. The predicted octanol–water partition coefficient (Wildman–Crippen LogP) is 3.69. The lowest BCUT2D eigenvalue weighted by molar-refractivity contribution is -0.274. The molecule has 166 valence electrons. The zero-order valence-corrected chi connectivity index (χ0v) is 18.6. The largest absolute Gasteiger partial charge is 0.573 e. The molecule has 6 nitrogen and oxygen atoms in total. The second kappa shape index (κ2) is 9.15. The molecule has 1 aliphatic carbocycles. The first-order valence-corrected chi connectivity index (χ1v) is 10.6. The third-order valence-corrected chi connectivity index (χ3v) is 6.01. The highest BCUT2D eigenvalue weighted by Gasteiger charge is 2.39. The summed E-state index contributed by atoms with van der Waals surface area (Å²) in [7, 11) is 3.89. The van der Waals surface area contributed by atoms with Gasteiger partial charge in [0.15, 0.2) is 5.79 Å². The Labute approximate surface area is 182 Å². The summed E-state index contributed by atoms with van der Waals surface area (Å²) in [4.78, 5) is 6.44. The minimum absolute atomic E-state index is 0.173. The van der Waals surface area contributed by atoms with E-state index in [0.717, 1.165) is 31.5 Å². The maximum atomic E-state index is 12.7. The Morgan fingerprint density at radius 3 is 2.63 bits per heavy atom. The van der Waals surface area contributed by atoms with E-state index in [0.29, 0.717) is 16.6 Å². The number of nitrogens with two attached hydrogens (primary N) is 1. The van der Waals surface area contributed by atoms with Crippen molar-refractivity contribution in [3.63, 3.8) is 0 Å². The topological polar surface area (TPSA) is 74.9 Å². The molecule has 10 heteroatoms. The fourth-order valence-corrected chi connectivity index (χ4v) is 4.20. The number of nitrogens with one attached hydrogen (secondary N) is 2. The van der Waals surface area contributed by atoms with Crippen LogP contribution >= 0.6 is 15.9 Å². The SMILES string of the molecule is CN(C)C1=CC=NC(N)(C2CCC(NCc3ccc(Br)cc3OC(F)(F)F)CC2)N1. The van der Waals surface area contributed by atoms with Crippen molar-refractivity contribution in [3.8, 4) is 5.75 Å². The molecular formula is C20H27BrF3N5O. The van der Waals surface area contributed by atoms with Crippen molar-refractivity contribution in [2.45, 2.75) is 50.4 Å². The fraction of sp³-hybridized carbons (Fsp3) is 0.550. The molecule has 1 atom stereocenters. The highest BCUT2D eigenvalue weighted by molar-refractivity contribution is 9.10. The van der Waals surface area contributed by atoms with E-state index >= 15 is 0 Å². The highest BCUT2D eigenvalue weighted by atomic mass is 79.9.